The maximum atomic E-state index is 5.72. The highest BCUT2D eigenvalue weighted by molar-refractivity contribution is 5.76. The van der Waals surface area contributed by atoms with Gasteiger partial charge in [-0.1, -0.05) is 32.8 Å². The number of aryl methyl sites for hydroxylation is 1. The van der Waals surface area contributed by atoms with Gasteiger partial charge in [-0.15, -0.1) is 0 Å². The van der Waals surface area contributed by atoms with Gasteiger partial charge in [0.25, 0.3) is 0 Å². The first-order valence-electron chi connectivity index (χ1n) is 8.39. The molecule has 0 N–H and O–H groups in total. The molecular formula is C18H27N3O. The Hall–Kier alpha value is -1.68. The predicted octanol–water partition coefficient (Wildman–Crippen LogP) is 4.32. The molecule has 4 heteroatoms. The summed E-state index contributed by atoms with van der Waals surface area (Å²) in [6.45, 7) is 8.53. The van der Waals surface area contributed by atoms with Crippen LogP contribution < -0.4 is 4.90 Å². The molecule has 2 aromatic rings. The Labute approximate surface area is 133 Å². The molecule has 0 amide bonds. The average Bonchev–Trinajstić information content (AvgIpc) is 2.70. The standard InChI is InChI=1S/C16H21N3O.C2H6/c1-13-6-7-14-15(10-13)18-16(11-17-14)19-8-4-2-3-5-9-20-12-19;1-2/h6-7,10-11H,2-5,8-9,12H2,1H3;1-2H3. The van der Waals surface area contributed by atoms with E-state index in [1.54, 1.807) is 0 Å². The van der Waals surface area contributed by atoms with E-state index < -0.39 is 0 Å². The van der Waals surface area contributed by atoms with Gasteiger partial charge in [-0.25, -0.2) is 4.98 Å². The first kappa shape index (κ1) is 16.7. The zero-order valence-corrected chi connectivity index (χ0v) is 14.0. The van der Waals surface area contributed by atoms with E-state index in [4.69, 9.17) is 9.72 Å². The number of benzene rings is 1. The molecule has 0 radical (unpaired) electrons. The summed E-state index contributed by atoms with van der Waals surface area (Å²) in [5.41, 5.74) is 3.12. The van der Waals surface area contributed by atoms with Gasteiger partial charge in [0.1, 0.15) is 12.5 Å². The van der Waals surface area contributed by atoms with Crippen molar-refractivity contribution < 1.29 is 4.74 Å². The summed E-state index contributed by atoms with van der Waals surface area (Å²) < 4.78 is 5.72. The van der Waals surface area contributed by atoms with Crippen molar-refractivity contribution >= 4 is 16.9 Å². The molecule has 0 unspecified atom stereocenters. The second-order valence-electron chi connectivity index (χ2n) is 5.44. The lowest BCUT2D eigenvalue weighted by Crippen LogP contribution is -2.28. The molecule has 1 aliphatic heterocycles. The van der Waals surface area contributed by atoms with Crippen molar-refractivity contribution in [3.8, 4) is 0 Å². The Morgan fingerprint density at radius 2 is 1.86 bits per heavy atom. The topological polar surface area (TPSA) is 38.2 Å². The Bertz CT molecular complexity index is 576. The molecule has 0 spiro atoms. The third kappa shape index (κ3) is 4.41. The Balaban J connectivity index is 0.000000847. The van der Waals surface area contributed by atoms with Gasteiger partial charge in [0.2, 0.25) is 0 Å². The van der Waals surface area contributed by atoms with E-state index in [-0.39, 0.29) is 0 Å². The van der Waals surface area contributed by atoms with Crippen molar-refractivity contribution in [2.24, 2.45) is 0 Å². The fraction of sp³-hybridized carbons (Fsp3) is 0.556. The third-order valence-corrected chi connectivity index (χ3v) is 3.72. The maximum absolute atomic E-state index is 5.72. The number of fused-ring (bicyclic) bond motifs is 1. The fourth-order valence-corrected chi connectivity index (χ4v) is 2.54. The van der Waals surface area contributed by atoms with Gasteiger partial charge >= 0.3 is 0 Å². The molecule has 2 heterocycles. The van der Waals surface area contributed by atoms with E-state index >= 15 is 0 Å². The lowest BCUT2D eigenvalue weighted by atomic mass is 10.2. The summed E-state index contributed by atoms with van der Waals surface area (Å²) >= 11 is 0. The van der Waals surface area contributed by atoms with Crippen LogP contribution >= 0.6 is 0 Å². The minimum atomic E-state index is 0.617. The molecule has 0 atom stereocenters. The summed E-state index contributed by atoms with van der Waals surface area (Å²) in [5, 5.41) is 0. The van der Waals surface area contributed by atoms with E-state index in [1.807, 2.05) is 26.1 Å². The molecule has 1 aromatic heterocycles. The number of aromatic nitrogens is 2. The number of anilines is 1. The van der Waals surface area contributed by atoms with Gasteiger partial charge in [0.05, 0.1) is 17.2 Å². The van der Waals surface area contributed by atoms with Crippen LogP contribution in [-0.2, 0) is 4.74 Å². The second-order valence-corrected chi connectivity index (χ2v) is 5.44. The number of hydrogen-bond acceptors (Lipinski definition) is 4. The van der Waals surface area contributed by atoms with Crippen LogP contribution in [0, 0.1) is 6.92 Å². The molecule has 22 heavy (non-hydrogen) atoms. The Morgan fingerprint density at radius 1 is 1.05 bits per heavy atom. The Kier molecular flexibility index (Phi) is 6.59. The zero-order valence-electron chi connectivity index (χ0n) is 14.0. The van der Waals surface area contributed by atoms with Gasteiger partial charge in [-0.3, -0.25) is 4.98 Å². The van der Waals surface area contributed by atoms with Crippen LogP contribution in [0.15, 0.2) is 24.4 Å². The van der Waals surface area contributed by atoms with Crippen LogP contribution in [0.2, 0.25) is 0 Å². The van der Waals surface area contributed by atoms with Crippen molar-refractivity contribution in [2.75, 3.05) is 24.8 Å². The van der Waals surface area contributed by atoms with Crippen molar-refractivity contribution in [1.82, 2.24) is 9.97 Å². The van der Waals surface area contributed by atoms with E-state index in [9.17, 15) is 0 Å². The van der Waals surface area contributed by atoms with E-state index in [2.05, 4.69) is 28.9 Å². The number of ether oxygens (including phenoxy) is 1. The zero-order chi connectivity index (χ0) is 15.8. The highest BCUT2D eigenvalue weighted by Gasteiger charge is 2.11. The highest BCUT2D eigenvalue weighted by Crippen LogP contribution is 2.18. The van der Waals surface area contributed by atoms with Crippen LogP contribution in [0.3, 0.4) is 0 Å². The molecule has 1 aliphatic rings. The lowest BCUT2D eigenvalue weighted by Gasteiger charge is -2.22. The smallest absolute Gasteiger partial charge is 0.149 e. The van der Waals surface area contributed by atoms with Gasteiger partial charge in [-0.05, 0) is 37.5 Å². The average molecular weight is 301 g/mol. The molecule has 1 saturated heterocycles. The third-order valence-electron chi connectivity index (χ3n) is 3.72. The predicted molar refractivity (Wildman–Crippen MR) is 92.3 cm³/mol. The van der Waals surface area contributed by atoms with E-state index in [1.165, 1.54) is 24.8 Å². The summed E-state index contributed by atoms with van der Waals surface area (Å²) in [6, 6.07) is 6.18. The van der Waals surface area contributed by atoms with E-state index in [0.717, 1.165) is 36.4 Å². The first-order chi connectivity index (χ1) is 10.8. The molecule has 3 rings (SSSR count). The summed E-state index contributed by atoms with van der Waals surface area (Å²) in [7, 11) is 0. The molecule has 4 nitrogen and oxygen atoms in total. The number of hydrogen-bond donors (Lipinski definition) is 0. The molecule has 1 fully saturated rings. The van der Waals surface area contributed by atoms with E-state index in [0.29, 0.717) is 6.73 Å². The SMILES string of the molecule is CC.Cc1ccc2ncc(N3CCCCCCOC3)nc2c1. The van der Waals surface area contributed by atoms with Crippen LogP contribution in [-0.4, -0.2) is 29.9 Å². The van der Waals surface area contributed by atoms with Gasteiger partial charge in [-0.2, -0.15) is 0 Å². The number of rotatable bonds is 1. The van der Waals surface area contributed by atoms with Crippen LogP contribution in [0.5, 0.6) is 0 Å². The molecule has 0 saturated carbocycles. The monoisotopic (exact) mass is 301 g/mol. The van der Waals surface area contributed by atoms with Crippen LogP contribution in [0.25, 0.3) is 11.0 Å². The van der Waals surface area contributed by atoms with Crippen LogP contribution in [0.1, 0.15) is 45.1 Å². The van der Waals surface area contributed by atoms with Crippen molar-refractivity contribution in [2.45, 2.75) is 46.5 Å². The van der Waals surface area contributed by atoms with Crippen molar-refractivity contribution in [3.05, 3.63) is 30.0 Å². The summed E-state index contributed by atoms with van der Waals surface area (Å²) in [4.78, 5) is 11.5. The van der Waals surface area contributed by atoms with Crippen molar-refractivity contribution in [3.63, 3.8) is 0 Å². The highest BCUT2D eigenvalue weighted by atomic mass is 16.5. The summed E-state index contributed by atoms with van der Waals surface area (Å²) in [5.74, 6) is 0.921. The largest absolute Gasteiger partial charge is 0.361 e. The maximum Gasteiger partial charge on any atom is 0.149 e. The minimum Gasteiger partial charge on any atom is -0.361 e. The Morgan fingerprint density at radius 3 is 2.73 bits per heavy atom. The van der Waals surface area contributed by atoms with Gasteiger partial charge < -0.3 is 9.64 Å². The molecule has 1 aromatic carbocycles. The molecule has 0 bridgehead atoms. The normalized spacial score (nSPS) is 16.2. The number of nitrogens with zero attached hydrogens (tertiary/aromatic N) is 3. The van der Waals surface area contributed by atoms with Gasteiger partial charge in [0.15, 0.2) is 0 Å². The molecular weight excluding hydrogens is 274 g/mol. The van der Waals surface area contributed by atoms with Crippen molar-refractivity contribution in [1.29, 1.82) is 0 Å². The molecule has 0 aliphatic carbocycles. The summed E-state index contributed by atoms with van der Waals surface area (Å²) in [6.07, 6.45) is 6.74. The quantitative estimate of drug-likeness (QED) is 0.786. The first-order valence-corrected chi connectivity index (χ1v) is 8.39. The fourth-order valence-electron chi connectivity index (χ4n) is 2.54. The van der Waals surface area contributed by atoms with Gasteiger partial charge in [0, 0.05) is 13.2 Å². The molecule has 120 valence electrons. The minimum absolute atomic E-state index is 0.617. The van der Waals surface area contributed by atoms with Crippen LogP contribution in [0.4, 0.5) is 5.82 Å². The second kappa shape index (κ2) is 8.69. The lowest BCUT2D eigenvalue weighted by molar-refractivity contribution is 0.133.